The molecule has 2 aliphatic rings. The normalized spacial score (nSPS) is 13.3. The van der Waals surface area contributed by atoms with Crippen LogP contribution in [0.25, 0.3) is 0 Å². The summed E-state index contributed by atoms with van der Waals surface area (Å²) in [7, 11) is 0. The van der Waals surface area contributed by atoms with Crippen molar-refractivity contribution in [3.63, 3.8) is 0 Å². The van der Waals surface area contributed by atoms with E-state index in [9.17, 15) is 0 Å². The molecule has 25 heteroatoms. The lowest BCUT2D eigenvalue weighted by molar-refractivity contribution is 0.270. The Balaban J connectivity index is 0.000000384. The van der Waals surface area contributed by atoms with Crippen molar-refractivity contribution in [3.05, 3.63) is 169 Å². The van der Waals surface area contributed by atoms with E-state index in [2.05, 4.69) is 70.5 Å². The molecule has 0 atom stereocenters. The third kappa shape index (κ3) is 24.6. The van der Waals surface area contributed by atoms with Gasteiger partial charge in [-0.15, -0.1) is 34.0 Å². The lowest BCUT2D eigenvalue weighted by Crippen LogP contribution is -2.42. The summed E-state index contributed by atoms with van der Waals surface area (Å²) in [4.78, 5) is 14.1. The Kier molecular flexibility index (Phi) is 32.1. The van der Waals surface area contributed by atoms with Crippen molar-refractivity contribution in [3.8, 4) is 0 Å². The van der Waals surface area contributed by atoms with Gasteiger partial charge < -0.3 is 27.8 Å². The molecule has 0 amide bonds. The van der Waals surface area contributed by atoms with Crippen molar-refractivity contribution in [1.82, 2.24) is 20.4 Å². The van der Waals surface area contributed by atoms with E-state index in [0.717, 1.165) is 93.2 Å². The largest absolute Gasteiger partial charge is 0.379 e. The van der Waals surface area contributed by atoms with Gasteiger partial charge in [0.15, 0.2) is 20.7 Å². The molecule has 11 nitrogen and oxygen atoms in total. The second-order valence-electron chi connectivity index (χ2n) is 15.7. The van der Waals surface area contributed by atoms with Crippen molar-refractivity contribution in [2.24, 2.45) is 27.2 Å². The lowest BCUT2D eigenvalue weighted by atomic mass is 10.1. The minimum Gasteiger partial charge on any atom is -0.379 e. The van der Waals surface area contributed by atoms with Crippen LogP contribution in [-0.4, -0.2) is 76.8 Å². The first-order valence-electron chi connectivity index (χ1n) is 21.8. The van der Waals surface area contributed by atoms with Crippen LogP contribution in [0.4, 0.5) is 0 Å². The molecule has 0 aliphatic carbocycles. The Morgan fingerprint density at radius 3 is 1.26 bits per heavy atom. The molecule has 5 aromatic rings. The number of aliphatic imine (C=N–C) groups is 2. The summed E-state index contributed by atoms with van der Waals surface area (Å²) in [5, 5.41) is 27.1. The van der Waals surface area contributed by atoms with Crippen LogP contribution >= 0.6 is 182 Å². The van der Waals surface area contributed by atoms with E-state index in [-0.39, 0.29) is 44.3 Å². The van der Waals surface area contributed by atoms with Crippen molar-refractivity contribution < 1.29 is 0 Å². The Morgan fingerprint density at radius 1 is 0.521 bits per heavy atom. The molecular weight excluding hydrogens is 1390 g/mol. The maximum Gasteiger partial charge on any atom is 0.159 e. The van der Waals surface area contributed by atoms with E-state index in [1.165, 1.54) is 45.8 Å². The van der Waals surface area contributed by atoms with E-state index in [0.29, 0.717) is 61.5 Å². The van der Waals surface area contributed by atoms with Crippen LogP contribution < -0.4 is 27.8 Å². The van der Waals surface area contributed by atoms with E-state index in [1.54, 1.807) is 29.6 Å². The topological polar surface area (TPSA) is 181 Å². The van der Waals surface area contributed by atoms with Crippen LogP contribution in [0.1, 0.15) is 38.9 Å². The molecule has 2 heterocycles. The molecule has 73 heavy (non-hydrogen) atoms. The molecule has 2 aliphatic heterocycles. The third-order valence-electron chi connectivity index (χ3n) is 10.4. The number of amidine groups is 4. The molecule has 0 spiro atoms. The average molecular weight is 1450 g/mol. The number of hydrogen-bond donors (Lipinski definition) is 7. The molecule has 7 rings (SSSR count). The smallest absolute Gasteiger partial charge is 0.159 e. The minimum atomic E-state index is 0. The van der Waals surface area contributed by atoms with Gasteiger partial charge in [0.2, 0.25) is 0 Å². The van der Waals surface area contributed by atoms with Gasteiger partial charge in [-0.25, -0.2) is 9.98 Å². The summed E-state index contributed by atoms with van der Waals surface area (Å²) in [6, 6.07) is 29.7. The summed E-state index contributed by atoms with van der Waals surface area (Å²) in [5.74, 6) is 3.01. The Hall–Kier alpha value is -1.08. The molecule has 0 saturated heterocycles. The van der Waals surface area contributed by atoms with Crippen LogP contribution in [0.5, 0.6) is 0 Å². The van der Waals surface area contributed by atoms with Gasteiger partial charge in [-0.1, -0.05) is 179 Å². The van der Waals surface area contributed by atoms with Crippen LogP contribution in [0, 0.1) is 10.8 Å². The average Bonchev–Trinajstić information content (AvgIpc) is 3.35. The highest BCUT2D eigenvalue weighted by molar-refractivity contribution is 9.10. The summed E-state index contributed by atoms with van der Waals surface area (Å²) in [6.45, 7) is 5.32. The molecule has 0 aromatic heterocycles. The Labute approximate surface area is 513 Å². The summed E-state index contributed by atoms with van der Waals surface area (Å²) in [6.07, 6.45) is 2.64. The SMILES string of the molecule is Br.Br.Clc1ccc(CCN2CN=C(SCc3ccc(Br)cc3CSC3=NCN(CCc4ccc(Cl)c(Cl)c4)CN3)NC2)cc1Cl.N=C(N)SCc1ccc(Br)cc1CSC(=N)N.NCCc1ccc(Cl)c(Cl)c1. The van der Waals surface area contributed by atoms with E-state index >= 15 is 0 Å². The highest BCUT2D eigenvalue weighted by Crippen LogP contribution is 2.29. The lowest BCUT2D eigenvalue weighted by Gasteiger charge is -2.27. The van der Waals surface area contributed by atoms with Crippen LogP contribution in [0.3, 0.4) is 0 Å². The molecule has 0 bridgehead atoms. The van der Waals surface area contributed by atoms with Crippen LogP contribution in [0.15, 0.2) is 110 Å². The quantitative estimate of drug-likeness (QED) is 0.0369. The zero-order valence-corrected chi connectivity index (χ0v) is 53.5. The molecule has 0 saturated carbocycles. The van der Waals surface area contributed by atoms with Gasteiger partial charge in [0.1, 0.15) is 0 Å². The van der Waals surface area contributed by atoms with Gasteiger partial charge >= 0.3 is 0 Å². The number of halogens is 10. The van der Waals surface area contributed by atoms with Gasteiger partial charge in [0, 0.05) is 45.0 Å². The van der Waals surface area contributed by atoms with Crippen molar-refractivity contribution in [1.29, 1.82) is 10.8 Å². The molecule has 10 N–H and O–H groups in total. The molecule has 396 valence electrons. The fourth-order valence-corrected chi connectivity index (χ4v) is 11.3. The van der Waals surface area contributed by atoms with Gasteiger partial charge in [0.25, 0.3) is 0 Å². The van der Waals surface area contributed by atoms with E-state index in [4.69, 9.17) is 108 Å². The first kappa shape index (κ1) is 66.2. The first-order chi connectivity index (χ1) is 34.0. The number of rotatable bonds is 16. The molecule has 0 fully saturated rings. The maximum absolute atomic E-state index is 7.21. The molecule has 5 aromatic carbocycles. The highest BCUT2D eigenvalue weighted by atomic mass is 79.9. The second-order valence-corrected chi connectivity index (χ2v) is 23.9. The number of nitrogens with two attached hydrogens (primary N) is 3. The van der Waals surface area contributed by atoms with Crippen molar-refractivity contribution in [2.75, 3.05) is 46.3 Å². The van der Waals surface area contributed by atoms with E-state index in [1.807, 2.05) is 66.7 Å². The summed E-state index contributed by atoms with van der Waals surface area (Å²) < 4.78 is 2.07. The number of nitrogens with one attached hydrogen (secondary N) is 4. The number of nitrogens with zero attached hydrogens (tertiary/aromatic N) is 4. The van der Waals surface area contributed by atoms with Gasteiger partial charge in [-0.2, -0.15) is 0 Å². The summed E-state index contributed by atoms with van der Waals surface area (Å²) in [5.41, 5.74) is 24.3. The zero-order valence-electron chi connectivity index (χ0n) is 39.1. The van der Waals surface area contributed by atoms with Gasteiger partial charge in [-0.3, -0.25) is 20.6 Å². The predicted octanol–water partition coefficient (Wildman–Crippen LogP) is 14.7. The zero-order chi connectivity index (χ0) is 51.3. The van der Waals surface area contributed by atoms with Gasteiger partial charge in [0.05, 0.1) is 56.8 Å². The number of benzene rings is 5. The highest BCUT2D eigenvalue weighted by Gasteiger charge is 2.17. The van der Waals surface area contributed by atoms with Gasteiger partial charge in [-0.05, 0) is 125 Å². The first-order valence-corrected chi connectivity index (χ1v) is 29.6. The second kappa shape index (κ2) is 35.4. The molecular formula is C48H55Br4Cl6N11S4. The van der Waals surface area contributed by atoms with Crippen molar-refractivity contribution >= 4 is 203 Å². The maximum atomic E-state index is 7.21. The molecule has 0 radical (unpaired) electrons. The number of thioether (sulfide) groups is 4. The predicted molar refractivity (Wildman–Crippen MR) is 342 cm³/mol. The third-order valence-corrected chi connectivity index (χ3v) is 17.1. The Bertz CT molecular complexity index is 2660. The Morgan fingerprint density at radius 2 is 0.890 bits per heavy atom. The van der Waals surface area contributed by atoms with Crippen LogP contribution in [0.2, 0.25) is 30.1 Å². The fraction of sp³-hybridized carbons (Fsp3) is 0.292. The van der Waals surface area contributed by atoms with Crippen molar-refractivity contribution in [2.45, 2.75) is 42.3 Å². The monoisotopic (exact) mass is 1440 g/mol. The van der Waals surface area contributed by atoms with E-state index < -0.39 is 0 Å². The summed E-state index contributed by atoms with van der Waals surface area (Å²) >= 11 is 49.0. The fourth-order valence-electron chi connectivity index (χ4n) is 6.56. The van der Waals surface area contributed by atoms with Crippen LogP contribution in [-0.2, 0) is 42.3 Å². The standard InChI is InChI=1S/C30H31BrCl4N6S2.C10H13BrN4S2.C8H9Cl2N.2BrH/c31-24-4-3-22(14-42-29-36-16-40(17-37-29)9-7-20-1-5-25(32)27(34)11-20)23(13-24)15-43-30-38-18-41(19-39-30)10-8-21-2-6-26(33)28(35)12-21;11-8-2-1-6(4-16-9(12)13)7(3-8)5-17-10(14)15;9-7-2-1-6(3-4-11)5-8(7)10;;/h1-6,11-13H,7-10,14-19H2,(H,36,37)(H,38,39);1-3H,4-5H2,(H3,12,13)(H3,14,15);1-2,5H,3-4,11H2;2*1H. The molecule has 0 unspecified atom stereocenters. The number of hydrogen-bond acceptors (Lipinski definition) is 13. The minimum absolute atomic E-state index is 0.